The normalized spacial score (nSPS) is 10.2. The van der Waals surface area contributed by atoms with Gasteiger partial charge >= 0.3 is 17.8 Å². The molecule has 2 heterocycles. The number of carbonyl (C=O) groups excluding carboxylic acids is 1. The van der Waals surface area contributed by atoms with Crippen LogP contribution in [-0.4, -0.2) is 27.6 Å². The Morgan fingerprint density at radius 2 is 2.12 bits per heavy atom. The summed E-state index contributed by atoms with van der Waals surface area (Å²) in [4.78, 5) is 16.7. The topological polar surface area (TPSA) is 92.9 Å². The Kier molecular flexibility index (Phi) is 4.90. The Bertz CT molecular complexity index is 968. The Labute approximate surface area is 144 Å². The number of carbonyl (C=O) groups is 1. The third kappa shape index (κ3) is 3.93. The largest absolute Gasteiger partial charge is 0.399 e. The van der Waals surface area contributed by atoms with Gasteiger partial charge in [-0.15, -0.1) is 11.0 Å². The van der Waals surface area contributed by atoms with Crippen molar-refractivity contribution in [2.45, 2.75) is 20.4 Å². The lowest BCUT2D eigenvalue weighted by molar-refractivity contribution is 0.0916. The van der Waals surface area contributed by atoms with E-state index in [9.17, 15) is 4.79 Å². The van der Waals surface area contributed by atoms with Crippen LogP contribution in [-0.2, 0) is 6.54 Å². The molecular weight excluding hydrogens is 318 g/mol. The molecule has 0 saturated carbocycles. The quantitative estimate of drug-likeness (QED) is 0.695. The van der Waals surface area contributed by atoms with Crippen molar-refractivity contribution in [2.75, 3.05) is 11.9 Å². The third-order valence-corrected chi connectivity index (χ3v) is 3.49. The first kappa shape index (κ1) is 16.5. The van der Waals surface area contributed by atoms with Gasteiger partial charge in [0.25, 0.3) is 0 Å². The van der Waals surface area contributed by atoms with Gasteiger partial charge in [0.05, 0.1) is 18.8 Å². The number of nitrogens with one attached hydrogen (secondary N) is 2. The minimum Gasteiger partial charge on any atom is -0.399 e. The zero-order valence-electron chi connectivity index (χ0n) is 14.0. The standard InChI is InChI=1S/C18H17N5O2/c1-3-4-9-19-18-23-22-17(25-18)16(24)20-11-15-14-8-6-5-7-13(14)10-12(2)21-15/h5-8,10H,9,11H2,1-2H3,(H,19,23)(H,20,24). The number of anilines is 1. The van der Waals surface area contributed by atoms with Crippen LogP contribution in [0.15, 0.2) is 34.7 Å². The first-order chi connectivity index (χ1) is 12.2. The number of pyridine rings is 1. The van der Waals surface area contributed by atoms with Crippen LogP contribution in [0.25, 0.3) is 10.8 Å². The fraction of sp³-hybridized carbons (Fsp3) is 0.222. The van der Waals surface area contributed by atoms with Gasteiger partial charge in [0, 0.05) is 11.1 Å². The van der Waals surface area contributed by atoms with Crippen molar-refractivity contribution in [3.63, 3.8) is 0 Å². The number of hydrogen-bond donors (Lipinski definition) is 2. The minimum absolute atomic E-state index is 0.107. The first-order valence-corrected chi connectivity index (χ1v) is 7.78. The molecule has 0 spiro atoms. The zero-order valence-corrected chi connectivity index (χ0v) is 14.0. The van der Waals surface area contributed by atoms with E-state index in [2.05, 4.69) is 37.7 Å². The summed E-state index contributed by atoms with van der Waals surface area (Å²) in [6.45, 7) is 4.30. The van der Waals surface area contributed by atoms with E-state index in [-0.39, 0.29) is 18.5 Å². The highest BCUT2D eigenvalue weighted by atomic mass is 16.4. The molecular formula is C18H17N5O2. The predicted octanol–water partition coefficient (Wildman–Crippen LogP) is 2.29. The summed E-state index contributed by atoms with van der Waals surface area (Å²) in [7, 11) is 0. The lowest BCUT2D eigenvalue weighted by Crippen LogP contribution is -2.24. The predicted molar refractivity (Wildman–Crippen MR) is 93.9 cm³/mol. The number of nitrogens with zero attached hydrogens (tertiary/aromatic N) is 3. The molecule has 0 bridgehead atoms. The maximum absolute atomic E-state index is 12.2. The van der Waals surface area contributed by atoms with Crippen LogP contribution >= 0.6 is 0 Å². The van der Waals surface area contributed by atoms with Crippen LogP contribution in [0.5, 0.6) is 0 Å². The summed E-state index contributed by atoms with van der Waals surface area (Å²) < 4.78 is 5.26. The number of aryl methyl sites for hydroxylation is 1. The van der Waals surface area contributed by atoms with Gasteiger partial charge in [-0.2, -0.15) is 0 Å². The van der Waals surface area contributed by atoms with Gasteiger partial charge in [-0.3, -0.25) is 9.78 Å². The van der Waals surface area contributed by atoms with Crippen molar-refractivity contribution in [3.05, 3.63) is 47.6 Å². The fourth-order valence-electron chi connectivity index (χ4n) is 2.39. The highest BCUT2D eigenvalue weighted by Gasteiger charge is 2.15. The third-order valence-electron chi connectivity index (χ3n) is 3.49. The first-order valence-electron chi connectivity index (χ1n) is 7.78. The van der Waals surface area contributed by atoms with Gasteiger partial charge in [-0.05, 0) is 25.3 Å². The van der Waals surface area contributed by atoms with Crippen molar-refractivity contribution < 1.29 is 9.21 Å². The Morgan fingerprint density at radius 3 is 2.96 bits per heavy atom. The summed E-state index contributed by atoms with van der Waals surface area (Å²) in [5.41, 5.74) is 1.68. The second kappa shape index (κ2) is 7.45. The SMILES string of the molecule is CC#CCNc1nnc(C(=O)NCc2nc(C)cc3ccccc23)o1. The molecule has 2 aromatic heterocycles. The van der Waals surface area contributed by atoms with E-state index in [4.69, 9.17) is 4.42 Å². The van der Waals surface area contributed by atoms with Gasteiger partial charge in [-0.1, -0.05) is 35.3 Å². The molecule has 0 unspecified atom stereocenters. The molecule has 2 N–H and O–H groups in total. The van der Waals surface area contributed by atoms with Gasteiger partial charge in [-0.25, -0.2) is 0 Å². The van der Waals surface area contributed by atoms with Gasteiger partial charge in [0.15, 0.2) is 0 Å². The molecule has 7 heteroatoms. The second-order valence-corrected chi connectivity index (χ2v) is 5.31. The van der Waals surface area contributed by atoms with Crippen LogP contribution in [0, 0.1) is 18.8 Å². The van der Waals surface area contributed by atoms with Crippen LogP contribution in [0.1, 0.15) is 29.0 Å². The van der Waals surface area contributed by atoms with Gasteiger partial charge in [0.1, 0.15) is 0 Å². The maximum atomic E-state index is 12.2. The smallest absolute Gasteiger partial charge is 0.316 e. The average molecular weight is 335 g/mol. The van der Waals surface area contributed by atoms with Crippen LogP contribution in [0.4, 0.5) is 6.01 Å². The van der Waals surface area contributed by atoms with Gasteiger partial charge in [0.2, 0.25) is 0 Å². The molecule has 0 aliphatic heterocycles. The highest BCUT2D eigenvalue weighted by Crippen LogP contribution is 2.18. The van der Waals surface area contributed by atoms with Crippen LogP contribution in [0.3, 0.4) is 0 Å². The Morgan fingerprint density at radius 1 is 1.28 bits per heavy atom. The molecule has 1 aromatic carbocycles. The van der Waals surface area contributed by atoms with Crippen molar-refractivity contribution in [2.24, 2.45) is 0 Å². The van der Waals surface area contributed by atoms with E-state index in [1.807, 2.05) is 37.3 Å². The second-order valence-electron chi connectivity index (χ2n) is 5.31. The molecule has 126 valence electrons. The summed E-state index contributed by atoms with van der Waals surface area (Å²) >= 11 is 0. The van der Waals surface area contributed by atoms with Crippen molar-refractivity contribution in [1.29, 1.82) is 0 Å². The van der Waals surface area contributed by atoms with Crippen molar-refractivity contribution in [1.82, 2.24) is 20.5 Å². The number of amides is 1. The van der Waals surface area contributed by atoms with E-state index >= 15 is 0 Å². The molecule has 1 amide bonds. The highest BCUT2D eigenvalue weighted by molar-refractivity contribution is 5.90. The monoisotopic (exact) mass is 335 g/mol. The lowest BCUT2D eigenvalue weighted by atomic mass is 10.1. The van der Waals surface area contributed by atoms with Crippen molar-refractivity contribution in [3.8, 4) is 11.8 Å². The Hall–Kier alpha value is -3.40. The van der Waals surface area contributed by atoms with E-state index in [1.165, 1.54) is 0 Å². The van der Waals surface area contributed by atoms with E-state index < -0.39 is 5.91 Å². The van der Waals surface area contributed by atoms with E-state index in [1.54, 1.807) is 6.92 Å². The summed E-state index contributed by atoms with van der Waals surface area (Å²) in [6, 6.07) is 10.1. The summed E-state index contributed by atoms with van der Waals surface area (Å²) in [5, 5.41) is 15.1. The Balaban J connectivity index is 1.69. The van der Waals surface area contributed by atoms with Crippen molar-refractivity contribution >= 4 is 22.7 Å². The number of rotatable bonds is 5. The molecule has 0 fully saturated rings. The van der Waals surface area contributed by atoms with E-state index in [0.717, 1.165) is 22.2 Å². The molecule has 0 aliphatic carbocycles. The molecule has 0 aliphatic rings. The number of aromatic nitrogens is 3. The number of fused-ring (bicyclic) bond motifs is 1. The fourth-order valence-corrected chi connectivity index (χ4v) is 2.39. The average Bonchev–Trinajstić information content (AvgIpc) is 3.08. The van der Waals surface area contributed by atoms with E-state index in [0.29, 0.717) is 6.54 Å². The van der Waals surface area contributed by atoms with Crippen LogP contribution in [0.2, 0.25) is 0 Å². The van der Waals surface area contributed by atoms with Gasteiger partial charge < -0.3 is 15.1 Å². The maximum Gasteiger partial charge on any atom is 0.316 e. The molecule has 3 aromatic rings. The van der Waals surface area contributed by atoms with Crippen LogP contribution < -0.4 is 10.6 Å². The molecule has 0 saturated heterocycles. The number of hydrogen-bond acceptors (Lipinski definition) is 6. The summed E-state index contributed by atoms with van der Waals surface area (Å²) in [5.74, 6) is 4.99. The molecule has 25 heavy (non-hydrogen) atoms. The molecule has 7 nitrogen and oxygen atoms in total. The minimum atomic E-state index is -0.450. The lowest BCUT2D eigenvalue weighted by Gasteiger charge is -2.08. The zero-order chi connectivity index (χ0) is 17.6. The molecule has 0 radical (unpaired) electrons. The number of benzene rings is 1. The summed E-state index contributed by atoms with van der Waals surface area (Å²) in [6.07, 6.45) is 0. The molecule has 0 atom stereocenters. The molecule has 3 rings (SSSR count).